The molecular weight excluding hydrogens is 385 g/mol. The van der Waals surface area contributed by atoms with Crippen LogP contribution < -0.4 is 10.6 Å². The zero-order valence-electron chi connectivity index (χ0n) is 15.9. The van der Waals surface area contributed by atoms with Crippen molar-refractivity contribution in [2.45, 2.75) is 38.2 Å². The number of hydrogen-bond acceptors (Lipinski definition) is 3. The Morgan fingerprint density at radius 3 is 2.21 bits per heavy atom. The Kier molecular flexibility index (Phi) is 5.40. The van der Waals surface area contributed by atoms with Crippen LogP contribution in [-0.2, 0) is 6.42 Å². The molecule has 1 aliphatic heterocycles. The molecular formula is C21H21F3N2O3. The first-order valence-electron chi connectivity index (χ1n) is 9.14. The summed E-state index contributed by atoms with van der Waals surface area (Å²) in [6, 6.07) is 9.97. The summed E-state index contributed by atoms with van der Waals surface area (Å²) in [4.78, 5) is 25.1. The fraction of sp³-hybridized carbons (Fsp3) is 0.333. The van der Waals surface area contributed by atoms with Gasteiger partial charge in [-0.05, 0) is 24.5 Å². The lowest BCUT2D eigenvalue weighted by atomic mass is 9.77. The first-order valence-corrected chi connectivity index (χ1v) is 9.14. The third kappa shape index (κ3) is 3.85. The van der Waals surface area contributed by atoms with Crippen LogP contribution >= 0.6 is 0 Å². The lowest BCUT2D eigenvalue weighted by molar-refractivity contribution is -0.287. The van der Waals surface area contributed by atoms with Crippen LogP contribution in [0.4, 0.5) is 18.0 Å². The summed E-state index contributed by atoms with van der Waals surface area (Å²) < 4.78 is 41.6. The van der Waals surface area contributed by atoms with Crippen LogP contribution in [0, 0.1) is 12.8 Å². The van der Waals surface area contributed by atoms with Gasteiger partial charge in [0.1, 0.15) is 5.92 Å². The minimum atomic E-state index is -5.27. The van der Waals surface area contributed by atoms with Crippen LogP contribution in [-0.4, -0.2) is 28.8 Å². The normalized spacial score (nSPS) is 24.6. The van der Waals surface area contributed by atoms with Crippen molar-refractivity contribution in [3.8, 4) is 0 Å². The molecule has 1 fully saturated rings. The van der Waals surface area contributed by atoms with Crippen molar-refractivity contribution >= 4 is 11.8 Å². The van der Waals surface area contributed by atoms with Crippen molar-refractivity contribution < 1.29 is 27.9 Å². The van der Waals surface area contributed by atoms with Gasteiger partial charge in [-0.25, -0.2) is 4.79 Å². The van der Waals surface area contributed by atoms with Gasteiger partial charge in [-0.15, -0.1) is 0 Å². The molecule has 3 rings (SSSR count). The number of carbonyl (C=O) groups excluding carboxylic acids is 2. The number of ketones is 1. The van der Waals surface area contributed by atoms with E-state index in [0.717, 1.165) is 17.5 Å². The maximum Gasteiger partial charge on any atom is 0.437 e. The highest BCUT2D eigenvalue weighted by Gasteiger charge is 2.66. The van der Waals surface area contributed by atoms with Crippen molar-refractivity contribution in [1.29, 1.82) is 0 Å². The summed E-state index contributed by atoms with van der Waals surface area (Å²) >= 11 is 0. The molecule has 0 aromatic heterocycles. The van der Waals surface area contributed by atoms with Gasteiger partial charge in [0.15, 0.2) is 5.78 Å². The number of nitrogens with one attached hydrogen (secondary N) is 2. The second-order valence-corrected chi connectivity index (χ2v) is 7.14. The molecule has 1 aliphatic rings. The summed E-state index contributed by atoms with van der Waals surface area (Å²) in [5.74, 6) is -2.95. The number of urea groups is 1. The van der Waals surface area contributed by atoms with E-state index in [0.29, 0.717) is 5.56 Å². The quantitative estimate of drug-likeness (QED) is 0.678. The maximum absolute atomic E-state index is 13.9. The second-order valence-electron chi connectivity index (χ2n) is 7.14. The van der Waals surface area contributed by atoms with Gasteiger partial charge in [-0.3, -0.25) is 4.79 Å². The summed E-state index contributed by atoms with van der Waals surface area (Å²) in [7, 11) is 0. The van der Waals surface area contributed by atoms with E-state index in [1.54, 1.807) is 43.3 Å². The molecule has 3 N–H and O–H groups in total. The number of carbonyl (C=O) groups is 2. The molecule has 3 atom stereocenters. The highest BCUT2D eigenvalue weighted by atomic mass is 19.4. The standard InChI is InChI=1S/C21H21F3N2O3/c1-3-13-6-10-14(11-7-13)17-16(18(27)15-8-4-12(2)5-9-15)20(29,21(22,23)24)26-19(28)25-17/h4-11,16-17,29H,3H2,1-2H3,(H2,25,26,28)/t16-,17+,20-/m0/s1. The topological polar surface area (TPSA) is 78.4 Å². The molecule has 0 spiro atoms. The van der Waals surface area contributed by atoms with Crippen LogP contribution in [0.2, 0.25) is 0 Å². The lowest BCUT2D eigenvalue weighted by Gasteiger charge is -2.45. The van der Waals surface area contributed by atoms with Crippen LogP contribution in [0.25, 0.3) is 0 Å². The zero-order valence-corrected chi connectivity index (χ0v) is 15.9. The van der Waals surface area contributed by atoms with Gasteiger partial charge in [0.2, 0.25) is 5.72 Å². The monoisotopic (exact) mass is 406 g/mol. The Morgan fingerprint density at radius 1 is 1.10 bits per heavy atom. The van der Waals surface area contributed by atoms with Crippen LogP contribution in [0.1, 0.15) is 40.0 Å². The number of hydrogen-bond donors (Lipinski definition) is 3. The average molecular weight is 406 g/mol. The maximum atomic E-state index is 13.9. The Labute approximate surface area is 165 Å². The third-order valence-corrected chi connectivity index (χ3v) is 5.17. The molecule has 8 heteroatoms. The third-order valence-electron chi connectivity index (χ3n) is 5.17. The number of rotatable bonds is 4. The molecule has 2 aromatic carbocycles. The SMILES string of the molecule is CCc1ccc([C@H]2NC(=O)N[C@@](O)(C(F)(F)F)[C@@H]2C(=O)c2ccc(C)cc2)cc1. The summed E-state index contributed by atoms with van der Waals surface area (Å²) in [6.07, 6.45) is -4.55. The molecule has 2 amide bonds. The highest BCUT2D eigenvalue weighted by Crippen LogP contribution is 2.44. The van der Waals surface area contributed by atoms with Gasteiger partial charge in [-0.1, -0.05) is 61.0 Å². The van der Waals surface area contributed by atoms with Gasteiger partial charge in [0.25, 0.3) is 0 Å². The van der Waals surface area contributed by atoms with E-state index < -0.39 is 35.7 Å². The lowest BCUT2D eigenvalue weighted by Crippen LogP contribution is -2.72. The number of aryl methyl sites for hydroxylation is 2. The molecule has 0 radical (unpaired) electrons. The zero-order chi connectivity index (χ0) is 21.4. The van der Waals surface area contributed by atoms with E-state index in [2.05, 4.69) is 5.32 Å². The van der Waals surface area contributed by atoms with E-state index in [1.807, 2.05) is 6.92 Å². The van der Waals surface area contributed by atoms with Crippen molar-refractivity contribution in [2.75, 3.05) is 0 Å². The summed E-state index contributed by atoms with van der Waals surface area (Å²) in [5, 5.41) is 14.4. The van der Waals surface area contributed by atoms with Crippen molar-refractivity contribution in [1.82, 2.24) is 10.6 Å². The van der Waals surface area contributed by atoms with Gasteiger partial charge < -0.3 is 15.7 Å². The predicted octanol–water partition coefficient (Wildman–Crippen LogP) is 3.66. The van der Waals surface area contributed by atoms with E-state index >= 15 is 0 Å². The minimum absolute atomic E-state index is 0.0106. The van der Waals surface area contributed by atoms with E-state index in [4.69, 9.17) is 0 Å². The Bertz CT molecular complexity index is 910. The summed E-state index contributed by atoms with van der Waals surface area (Å²) in [6.45, 7) is 3.70. The van der Waals surface area contributed by atoms with Gasteiger partial charge >= 0.3 is 12.2 Å². The average Bonchev–Trinajstić information content (AvgIpc) is 2.67. The molecule has 29 heavy (non-hydrogen) atoms. The largest absolute Gasteiger partial charge is 0.437 e. The molecule has 0 bridgehead atoms. The fourth-order valence-corrected chi connectivity index (χ4v) is 3.47. The number of aliphatic hydroxyl groups is 1. The smallest absolute Gasteiger partial charge is 0.363 e. The Balaban J connectivity index is 2.13. The number of amides is 2. The van der Waals surface area contributed by atoms with E-state index in [1.165, 1.54) is 17.4 Å². The van der Waals surface area contributed by atoms with Crippen molar-refractivity contribution in [3.63, 3.8) is 0 Å². The Morgan fingerprint density at radius 2 is 1.69 bits per heavy atom. The first-order chi connectivity index (χ1) is 13.6. The molecule has 0 unspecified atom stereocenters. The first kappa shape index (κ1) is 20.9. The van der Waals surface area contributed by atoms with Crippen molar-refractivity contribution in [3.05, 3.63) is 70.8 Å². The minimum Gasteiger partial charge on any atom is -0.363 e. The van der Waals surface area contributed by atoms with Gasteiger partial charge in [0.05, 0.1) is 6.04 Å². The molecule has 154 valence electrons. The number of Topliss-reactive ketones (excluding diaryl/α,β-unsaturated/α-hetero) is 1. The van der Waals surface area contributed by atoms with Crippen LogP contribution in [0.5, 0.6) is 0 Å². The Hall–Kier alpha value is -2.87. The molecule has 2 aromatic rings. The van der Waals surface area contributed by atoms with Gasteiger partial charge in [-0.2, -0.15) is 13.2 Å². The molecule has 5 nitrogen and oxygen atoms in total. The van der Waals surface area contributed by atoms with E-state index in [9.17, 15) is 27.9 Å². The second kappa shape index (κ2) is 7.51. The number of alkyl halides is 3. The van der Waals surface area contributed by atoms with Gasteiger partial charge in [0, 0.05) is 5.56 Å². The van der Waals surface area contributed by atoms with Crippen LogP contribution in [0.3, 0.4) is 0 Å². The fourth-order valence-electron chi connectivity index (χ4n) is 3.47. The number of benzene rings is 2. The predicted molar refractivity (Wildman–Crippen MR) is 100 cm³/mol. The number of halogens is 3. The van der Waals surface area contributed by atoms with E-state index in [-0.39, 0.29) is 5.56 Å². The van der Waals surface area contributed by atoms with Crippen LogP contribution in [0.15, 0.2) is 48.5 Å². The molecule has 0 saturated carbocycles. The highest BCUT2D eigenvalue weighted by molar-refractivity contribution is 6.00. The van der Waals surface area contributed by atoms with Crippen molar-refractivity contribution in [2.24, 2.45) is 5.92 Å². The molecule has 1 heterocycles. The summed E-state index contributed by atoms with van der Waals surface area (Å²) in [5.41, 5.74) is -1.64. The molecule has 1 saturated heterocycles. The molecule has 0 aliphatic carbocycles.